The SMILES string of the molecule is CC1OCCC1Nc1cccc(-n2cnnn2)c1. The molecule has 94 valence electrons. The second kappa shape index (κ2) is 4.73. The Labute approximate surface area is 105 Å². The van der Waals surface area contributed by atoms with Crippen molar-refractivity contribution in [3.63, 3.8) is 0 Å². The van der Waals surface area contributed by atoms with Crippen LogP contribution in [0, 0.1) is 0 Å². The summed E-state index contributed by atoms with van der Waals surface area (Å²) in [5.74, 6) is 0. The van der Waals surface area contributed by atoms with Crippen molar-refractivity contribution in [2.45, 2.75) is 25.5 Å². The van der Waals surface area contributed by atoms with Crippen LogP contribution in [0.15, 0.2) is 30.6 Å². The van der Waals surface area contributed by atoms with Crippen LogP contribution in [0.25, 0.3) is 5.69 Å². The maximum atomic E-state index is 5.54. The Morgan fingerprint density at radius 2 is 2.39 bits per heavy atom. The van der Waals surface area contributed by atoms with Gasteiger partial charge in [-0.25, -0.2) is 4.68 Å². The number of nitrogens with zero attached hydrogens (tertiary/aromatic N) is 4. The Morgan fingerprint density at radius 1 is 1.44 bits per heavy atom. The molecule has 18 heavy (non-hydrogen) atoms. The van der Waals surface area contributed by atoms with Gasteiger partial charge in [0, 0.05) is 12.3 Å². The second-order valence-corrected chi connectivity index (χ2v) is 4.42. The minimum absolute atomic E-state index is 0.252. The van der Waals surface area contributed by atoms with E-state index in [2.05, 4.69) is 27.8 Å². The first-order valence-corrected chi connectivity index (χ1v) is 6.04. The lowest BCUT2D eigenvalue weighted by Gasteiger charge is -2.17. The quantitative estimate of drug-likeness (QED) is 0.881. The maximum Gasteiger partial charge on any atom is 0.143 e. The molecule has 6 heteroatoms. The third kappa shape index (κ3) is 2.19. The van der Waals surface area contributed by atoms with Crippen LogP contribution in [-0.4, -0.2) is 39.0 Å². The van der Waals surface area contributed by atoms with Crippen molar-refractivity contribution >= 4 is 5.69 Å². The van der Waals surface area contributed by atoms with Crippen LogP contribution in [0.5, 0.6) is 0 Å². The number of aromatic nitrogens is 4. The normalized spacial score (nSPS) is 23.2. The molecule has 1 fully saturated rings. The van der Waals surface area contributed by atoms with Gasteiger partial charge in [-0.3, -0.25) is 0 Å². The molecule has 0 saturated carbocycles. The van der Waals surface area contributed by atoms with Crippen molar-refractivity contribution in [1.82, 2.24) is 20.2 Å². The van der Waals surface area contributed by atoms with E-state index in [0.717, 1.165) is 24.4 Å². The van der Waals surface area contributed by atoms with E-state index in [-0.39, 0.29) is 6.10 Å². The van der Waals surface area contributed by atoms with Gasteiger partial charge in [-0.15, -0.1) is 5.10 Å². The van der Waals surface area contributed by atoms with Crippen LogP contribution < -0.4 is 5.32 Å². The standard InChI is InChI=1S/C12H15N5O/c1-9-12(5-6-18-9)14-10-3-2-4-11(7-10)17-8-13-15-16-17/h2-4,7-9,12,14H,5-6H2,1H3. The Bertz CT molecular complexity index is 513. The van der Waals surface area contributed by atoms with E-state index in [4.69, 9.17) is 4.74 Å². The van der Waals surface area contributed by atoms with Crippen LogP contribution in [0.4, 0.5) is 5.69 Å². The summed E-state index contributed by atoms with van der Waals surface area (Å²) < 4.78 is 7.18. The largest absolute Gasteiger partial charge is 0.380 e. The predicted octanol–water partition coefficient (Wildman–Crippen LogP) is 1.25. The van der Waals surface area contributed by atoms with Crippen molar-refractivity contribution in [3.05, 3.63) is 30.6 Å². The summed E-state index contributed by atoms with van der Waals surface area (Å²) in [6, 6.07) is 8.39. The minimum Gasteiger partial charge on any atom is -0.380 e. The fourth-order valence-corrected chi connectivity index (χ4v) is 2.15. The fourth-order valence-electron chi connectivity index (χ4n) is 2.15. The molecule has 0 bridgehead atoms. The van der Waals surface area contributed by atoms with E-state index in [9.17, 15) is 0 Å². The van der Waals surface area contributed by atoms with Crippen LogP contribution in [0.1, 0.15) is 13.3 Å². The van der Waals surface area contributed by atoms with Gasteiger partial charge in [0.25, 0.3) is 0 Å². The molecule has 0 amide bonds. The zero-order chi connectivity index (χ0) is 12.4. The molecule has 6 nitrogen and oxygen atoms in total. The monoisotopic (exact) mass is 245 g/mol. The molecule has 2 unspecified atom stereocenters. The molecule has 1 aromatic carbocycles. The first kappa shape index (κ1) is 11.2. The average Bonchev–Trinajstić information content (AvgIpc) is 3.02. The zero-order valence-corrected chi connectivity index (χ0v) is 10.2. The van der Waals surface area contributed by atoms with Crippen molar-refractivity contribution in [2.75, 3.05) is 11.9 Å². The minimum atomic E-state index is 0.252. The van der Waals surface area contributed by atoms with Crippen LogP contribution in [0.2, 0.25) is 0 Å². The highest BCUT2D eigenvalue weighted by Gasteiger charge is 2.23. The van der Waals surface area contributed by atoms with E-state index in [0.29, 0.717) is 6.04 Å². The highest BCUT2D eigenvalue weighted by molar-refractivity contribution is 5.51. The van der Waals surface area contributed by atoms with Crippen molar-refractivity contribution in [2.24, 2.45) is 0 Å². The molecule has 1 aliphatic rings. The number of tetrazole rings is 1. The summed E-state index contributed by atoms with van der Waals surface area (Å²) in [5.41, 5.74) is 2.00. The molecule has 1 aromatic heterocycles. The first-order chi connectivity index (χ1) is 8.83. The van der Waals surface area contributed by atoms with Gasteiger partial charge in [0.1, 0.15) is 6.33 Å². The summed E-state index contributed by atoms with van der Waals surface area (Å²) in [5, 5.41) is 14.6. The van der Waals surface area contributed by atoms with Crippen molar-refractivity contribution < 1.29 is 4.74 Å². The van der Waals surface area contributed by atoms with Gasteiger partial charge < -0.3 is 10.1 Å². The zero-order valence-electron chi connectivity index (χ0n) is 10.2. The summed E-state index contributed by atoms with van der Waals surface area (Å²) in [6.07, 6.45) is 2.87. The molecular formula is C12H15N5O. The van der Waals surface area contributed by atoms with E-state index >= 15 is 0 Å². The lowest BCUT2D eigenvalue weighted by atomic mass is 10.1. The van der Waals surface area contributed by atoms with Gasteiger partial charge in [0.2, 0.25) is 0 Å². The first-order valence-electron chi connectivity index (χ1n) is 6.04. The van der Waals surface area contributed by atoms with Crippen LogP contribution in [0.3, 0.4) is 0 Å². The van der Waals surface area contributed by atoms with E-state index in [1.165, 1.54) is 0 Å². The third-order valence-electron chi connectivity index (χ3n) is 3.19. The molecule has 3 rings (SSSR count). The number of hydrogen-bond acceptors (Lipinski definition) is 5. The Hall–Kier alpha value is -1.95. The summed E-state index contributed by atoms with van der Waals surface area (Å²) in [4.78, 5) is 0. The molecule has 2 aromatic rings. The smallest absolute Gasteiger partial charge is 0.143 e. The Balaban J connectivity index is 1.79. The number of nitrogens with one attached hydrogen (secondary N) is 1. The highest BCUT2D eigenvalue weighted by atomic mass is 16.5. The number of hydrogen-bond donors (Lipinski definition) is 1. The molecule has 2 atom stereocenters. The molecule has 0 radical (unpaired) electrons. The third-order valence-corrected chi connectivity index (χ3v) is 3.19. The molecule has 1 aliphatic heterocycles. The predicted molar refractivity (Wildman–Crippen MR) is 66.6 cm³/mol. The number of benzene rings is 1. The van der Waals surface area contributed by atoms with Gasteiger partial charge in [-0.2, -0.15) is 0 Å². The van der Waals surface area contributed by atoms with Crippen LogP contribution >= 0.6 is 0 Å². The van der Waals surface area contributed by atoms with Crippen molar-refractivity contribution in [1.29, 1.82) is 0 Å². The van der Waals surface area contributed by atoms with Gasteiger partial charge in [-0.1, -0.05) is 6.07 Å². The topological polar surface area (TPSA) is 64.9 Å². The maximum absolute atomic E-state index is 5.54. The number of ether oxygens (including phenoxy) is 1. The highest BCUT2D eigenvalue weighted by Crippen LogP contribution is 2.20. The molecule has 1 N–H and O–H groups in total. The lowest BCUT2D eigenvalue weighted by Crippen LogP contribution is -2.26. The number of rotatable bonds is 3. The van der Waals surface area contributed by atoms with Crippen LogP contribution in [-0.2, 0) is 4.74 Å². The van der Waals surface area contributed by atoms with E-state index in [1.807, 2.05) is 24.3 Å². The van der Waals surface area contributed by atoms with E-state index in [1.54, 1.807) is 11.0 Å². The molecular weight excluding hydrogens is 230 g/mol. The summed E-state index contributed by atoms with van der Waals surface area (Å²) in [6.45, 7) is 2.92. The molecule has 0 spiro atoms. The molecule has 2 heterocycles. The van der Waals surface area contributed by atoms with Gasteiger partial charge in [0.05, 0.1) is 17.8 Å². The second-order valence-electron chi connectivity index (χ2n) is 4.42. The Kier molecular flexibility index (Phi) is 2.93. The summed E-state index contributed by atoms with van der Waals surface area (Å²) in [7, 11) is 0. The Morgan fingerprint density at radius 3 is 3.11 bits per heavy atom. The summed E-state index contributed by atoms with van der Waals surface area (Å²) >= 11 is 0. The van der Waals surface area contributed by atoms with Gasteiger partial charge in [0.15, 0.2) is 0 Å². The van der Waals surface area contributed by atoms with Gasteiger partial charge in [-0.05, 0) is 42.0 Å². The molecule has 0 aliphatic carbocycles. The van der Waals surface area contributed by atoms with Crippen molar-refractivity contribution in [3.8, 4) is 5.69 Å². The fraction of sp³-hybridized carbons (Fsp3) is 0.417. The molecule has 1 saturated heterocycles. The average molecular weight is 245 g/mol. The number of anilines is 1. The van der Waals surface area contributed by atoms with E-state index < -0.39 is 0 Å². The van der Waals surface area contributed by atoms with Gasteiger partial charge >= 0.3 is 0 Å². The lowest BCUT2D eigenvalue weighted by molar-refractivity contribution is 0.121.